The minimum Gasteiger partial charge on any atom is -0.399 e. The van der Waals surface area contributed by atoms with Gasteiger partial charge in [-0.05, 0) is 31.0 Å². The zero-order chi connectivity index (χ0) is 12.3. The summed E-state index contributed by atoms with van der Waals surface area (Å²) in [6.07, 6.45) is 1.78. The second kappa shape index (κ2) is 5.38. The molecule has 3 N–H and O–H groups in total. The molecule has 1 fully saturated rings. The summed E-state index contributed by atoms with van der Waals surface area (Å²) in [6, 6.07) is 5.03. The summed E-state index contributed by atoms with van der Waals surface area (Å²) in [5, 5.41) is 3.25. The van der Waals surface area contributed by atoms with Gasteiger partial charge in [-0.25, -0.2) is 0 Å². The van der Waals surface area contributed by atoms with Crippen molar-refractivity contribution in [3.8, 4) is 0 Å². The Morgan fingerprint density at radius 3 is 3.00 bits per heavy atom. The van der Waals surface area contributed by atoms with Gasteiger partial charge in [0.1, 0.15) is 0 Å². The smallest absolute Gasteiger partial charge is 0.229 e. The molecular formula is C12H15ClN2O2. The molecule has 2 rings (SSSR count). The summed E-state index contributed by atoms with van der Waals surface area (Å²) in [6.45, 7) is 1.23. The van der Waals surface area contributed by atoms with E-state index in [4.69, 9.17) is 22.1 Å². The maximum absolute atomic E-state index is 11.9. The predicted octanol–water partition coefficient (Wildman–Crippen LogP) is 2.29. The molecule has 0 aliphatic carbocycles. The molecule has 1 aliphatic rings. The molecule has 1 unspecified atom stereocenters. The fourth-order valence-electron chi connectivity index (χ4n) is 1.82. The lowest BCUT2D eigenvalue weighted by atomic mass is 10.0. The molecule has 1 heterocycles. The maximum Gasteiger partial charge on any atom is 0.229 e. The summed E-state index contributed by atoms with van der Waals surface area (Å²) in [5.41, 5.74) is 6.76. The van der Waals surface area contributed by atoms with E-state index in [-0.39, 0.29) is 11.8 Å². The average Bonchev–Trinajstić information content (AvgIpc) is 2.34. The van der Waals surface area contributed by atoms with Crippen molar-refractivity contribution in [3.63, 3.8) is 0 Å². The van der Waals surface area contributed by atoms with E-state index < -0.39 is 0 Å². The van der Waals surface area contributed by atoms with Crippen LogP contribution in [0.15, 0.2) is 18.2 Å². The van der Waals surface area contributed by atoms with Gasteiger partial charge in [0.2, 0.25) is 5.91 Å². The molecule has 1 atom stereocenters. The molecule has 1 aromatic carbocycles. The van der Waals surface area contributed by atoms with Gasteiger partial charge in [-0.15, -0.1) is 0 Å². The van der Waals surface area contributed by atoms with Gasteiger partial charge in [-0.2, -0.15) is 0 Å². The number of rotatable bonds is 2. The van der Waals surface area contributed by atoms with Crippen molar-refractivity contribution < 1.29 is 9.53 Å². The highest BCUT2D eigenvalue weighted by atomic mass is 35.5. The quantitative estimate of drug-likeness (QED) is 0.796. The van der Waals surface area contributed by atoms with Crippen LogP contribution >= 0.6 is 11.6 Å². The Morgan fingerprint density at radius 1 is 1.53 bits per heavy atom. The van der Waals surface area contributed by atoms with Crippen molar-refractivity contribution in [1.82, 2.24) is 0 Å². The van der Waals surface area contributed by atoms with Gasteiger partial charge in [-0.1, -0.05) is 11.6 Å². The number of hydrogen-bond acceptors (Lipinski definition) is 3. The van der Waals surface area contributed by atoms with Crippen molar-refractivity contribution >= 4 is 28.9 Å². The Kier molecular flexibility index (Phi) is 3.86. The second-order valence-corrected chi connectivity index (χ2v) is 4.55. The third-order valence-electron chi connectivity index (χ3n) is 2.78. The monoisotopic (exact) mass is 254 g/mol. The van der Waals surface area contributed by atoms with E-state index in [0.29, 0.717) is 23.0 Å². The summed E-state index contributed by atoms with van der Waals surface area (Å²) in [7, 11) is 0. The Bertz CT molecular complexity index is 417. The third kappa shape index (κ3) is 3.11. The summed E-state index contributed by atoms with van der Waals surface area (Å²) >= 11 is 5.99. The number of ether oxygens (including phenoxy) is 1. The zero-order valence-electron chi connectivity index (χ0n) is 9.41. The van der Waals surface area contributed by atoms with Crippen LogP contribution in [0.2, 0.25) is 5.02 Å². The molecule has 1 saturated heterocycles. The predicted molar refractivity (Wildman–Crippen MR) is 68.0 cm³/mol. The summed E-state index contributed by atoms with van der Waals surface area (Å²) in [4.78, 5) is 11.9. The van der Waals surface area contributed by atoms with E-state index in [2.05, 4.69) is 5.32 Å². The first-order valence-corrected chi connectivity index (χ1v) is 5.98. The van der Waals surface area contributed by atoms with E-state index in [1.54, 1.807) is 18.2 Å². The number of nitrogen functional groups attached to an aromatic ring is 1. The first-order chi connectivity index (χ1) is 8.16. The minimum atomic E-state index is -0.0858. The lowest BCUT2D eigenvalue weighted by Crippen LogP contribution is -2.30. The van der Waals surface area contributed by atoms with Gasteiger partial charge in [-0.3, -0.25) is 4.79 Å². The van der Waals surface area contributed by atoms with Crippen molar-refractivity contribution in [1.29, 1.82) is 0 Å². The summed E-state index contributed by atoms with van der Waals surface area (Å²) < 4.78 is 5.28. The highest BCUT2D eigenvalue weighted by molar-refractivity contribution is 6.34. The molecule has 0 aromatic heterocycles. The lowest BCUT2D eigenvalue weighted by molar-refractivity contribution is -0.123. The minimum absolute atomic E-state index is 0.0450. The van der Waals surface area contributed by atoms with Crippen LogP contribution in [0.3, 0.4) is 0 Å². The Hall–Kier alpha value is -1.26. The number of carbonyl (C=O) groups excluding carboxylic acids is 1. The van der Waals surface area contributed by atoms with Crippen LogP contribution in [0.25, 0.3) is 0 Å². The van der Waals surface area contributed by atoms with Gasteiger partial charge in [0.15, 0.2) is 0 Å². The van der Waals surface area contributed by atoms with Crippen LogP contribution < -0.4 is 11.1 Å². The fraction of sp³-hybridized carbons (Fsp3) is 0.417. The fourth-order valence-corrected chi connectivity index (χ4v) is 2.05. The number of benzene rings is 1. The second-order valence-electron chi connectivity index (χ2n) is 4.14. The molecule has 0 spiro atoms. The van der Waals surface area contributed by atoms with Crippen molar-refractivity contribution in [3.05, 3.63) is 23.2 Å². The average molecular weight is 255 g/mol. The lowest BCUT2D eigenvalue weighted by Gasteiger charge is -2.21. The van der Waals surface area contributed by atoms with Gasteiger partial charge in [0.05, 0.1) is 23.2 Å². The van der Waals surface area contributed by atoms with Crippen molar-refractivity contribution in [2.75, 3.05) is 24.3 Å². The topological polar surface area (TPSA) is 64.3 Å². The van der Waals surface area contributed by atoms with Crippen LogP contribution in [0.4, 0.5) is 11.4 Å². The third-order valence-corrected chi connectivity index (χ3v) is 3.09. The SMILES string of the molecule is Nc1ccc(NC(=O)C2CCCOC2)c(Cl)c1. The number of carbonyl (C=O) groups is 1. The zero-order valence-corrected chi connectivity index (χ0v) is 10.2. The van der Waals surface area contributed by atoms with Gasteiger partial charge >= 0.3 is 0 Å². The molecular weight excluding hydrogens is 240 g/mol. The number of nitrogens with two attached hydrogens (primary N) is 1. The molecule has 4 nitrogen and oxygen atoms in total. The molecule has 1 amide bonds. The van der Waals surface area contributed by atoms with Crippen molar-refractivity contribution in [2.45, 2.75) is 12.8 Å². The van der Waals surface area contributed by atoms with Crippen LogP contribution in [0, 0.1) is 5.92 Å². The standard InChI is InChI=1S/C12H15ClN2O2/c13-10-6-9(14)3-4-11(10)15-12(16)8-2-1-5-17-7-8/h3-4,6,8H,1-2,5,7,14H2,(H,15,16). The molecule has 92 valence electrons. The number of halogens is 1. The first kappa shape index (κ1) is 12.2. The Morgan fingerprint density at radius 2 is 2.35 bits per heavy atom. The van der Waals surface area contributed by atoms with Crippen LogP contribution in [-0.4, -0.2) is 19.1 Å². The highest BCUT2D eigenvalue weighted by Crippen LogP contribution is 2.25. The van der Waals surface area contributed by atoms with Crippen LogP contribution in [-0.2, 0) is 9.53 Å². The van der Waals surface area contributed by atoms with Crippen LogP contribution in [0.5, 0.6) is 0 Å². The molecule has 5 heteroatoms. The number of anilines is 2. The number of amides is 1. The van der Waals surface area contributed by atoms with Gasteiger partial charge < -0.3 is 15.8 Å². The molecule has 17 heavy (non-hydrogen) atoms. The Labute approximate surface area is 105 Å². The molecule has 0 bridgehead atoms. The molecule has 1 aromatic rings. The number of hydrogen-bond donors (Lipinski definition) is 2. The van der Waals surface area contributed by atoms with Gasteiger partial charge in [0, 0.05) is 12.3 Å². The molecule has 0 saturated carbocycles. The maximum atomic E-state index is 11.9. The largest absolute Gasteiger partial charge is 0.399 e. The first-order valence-electron chi connectivity index (χ1n) is 5.60. The van der Waals surface area contributed by atoms with E-state index in [9.17, 15) is 4.79 Å². The number of nitrogens with one attached hydrogen (secondary N) is 1. The Balaban J connectivity index is 2.02. The summed E-state index contributed by atoms with van der Waals surface area (Å²) in [5.74, 6) is -0.131. The van der Waals surface area contributed by atoms with E-state index in [1.165, 1.54) is 0 Å². The normalized spacial score (nSPS) is 19.9. The molecule has 0 radical (unpaired) electrons. The van der Waals surface area contributed by atoms with Crippen molar-refractivity contribution in [2.24, 2.45) is 5.92 Å². The van der Waals surface area contributed by atoms with E-state index >= 15 is 0 Å². The van der Waals surface area contributed by atoms with Gasteiger partial charge in [0.25, 0.3) is 0 Å². The van der Waals surface area contributed by atoms with Crippen LogP contribution in [0.1, 0.15) is 12.8 Å². The van der Waals surface area contributed by atoms with E-state index in [0.717, 1.165) is 19.4 Å². The van der Waals surface area contributed by atoms with E-state index in [1.807, 2.05) is 0 Å². The molecule has 1 aliphatic heterocycles. The highest BCUT2D eigenvalue weighted by Gasteiger charge is 2.22.